The second-order valence-electron chi connectivity index (χ2n) is 6.00. The van der Waals surface area contributed by atoms with Crippen LogP contribution in [0.15, 0.2) is 54.6 Å². The number of nitrogens with one attached hydrogen (secondary N) is 2. The molecular weight excluding hydrogens is 314 g/mol. The summed E-state index contributed by atoms with van der Waals surface area (Å²) >= 11 is 0. The fourth-order valence-corrected chi connectivity index (χ4v) is 3.40. The van der Waals surface area contributed by atoms with Gasteiger partial charge in [-0.1, -0.05) is 48.5 Å². The number of aromatic amines is 1. The molecule has 0 spiro atoms. The SMILES string of the molecule is CCOc1ccccc1C1CC(=O)Nc2n[nH]c(-c3ccccc3)c21. The first kappa shape index (κ1) is 15.4. The van der Waals surface area contributed by atoms with Crippen LogP contribution in [0.4, 0.5) is 5.82 Å². The van der Waals surface area contributed by atoms with E-state index in [0.717, 1.165) is 28.1 Å². The zero-order valence-electron chi connectivity index (χ0n) is 14.0. The molecule has 0 saturated carbocycles. The summed E-state index contributed by atoms with van der Waals surface area (Å²) in [4.78, 5) is 12.2. The summed E-state index contributed by atoms with van der Waals surface area (Å²) in [5, 5.41) is 10.3. The molecule has 5 heteroatoms. The summed E-state index contributed by atoms with van der Waals surface area (Å²) in [6.07, 6.45) is 0.371. The molecule has 126 valence electrons. The number of carbonyl (C=O) groups excluding carboxylic acids is 1. The van der Waals surface area contributed by atoms with Gasteiger partial charge in [-0.2, -0.15) is 5.10 Å². The topological polar surface area (TPSA) is 67.0 Å². The van der Waals surface area contributed by atoms with Gasteiger partial charge in [0.25, 0.3) is 0 Å². The number of benzene rings is 2. The van der Waals surface area contributed by atoms with Crippen LogP contribution in [0, 0.1) is 0 Å². The highest BCUT2D eigenvalue weighted by Crippen LogP contribution is 2.44. The summed E-state index contributed by atoms with van der Waals surface area (Å²) in [6.45, 7) is 2.54. The van der Waals surface area contributed by atoms with Gasteiger partial charge in [-0.25, -0.2) is 0 Å². The Morgan fingerprint density at radius 2 is 1.88 bits per heavy atom. The van der Waals surface area contributed by atoms with Crippen molar-refractivity contribution in [1.29, 1.82) is 0 Å². The maximum absolute atomic E-state index is 12.2. The number of rotatable bonds is 4. The van der Waals surface area contributed by atoms with E-state index in [-0.39, 0.29) is 11.8 Å². The predicted octanol–water partition coefficient (Wildman–Crippen LogP) is 3.95. The number of hydrogen-bond donors (Lipinski definition) is 2. The second kappa shape index (κ2) is 6.43. The molecule has 1 aromatic heterocycles. The largest absolute Gasteiger partial charge is 0.494 e. The first-order chi connectivity index (χ1) is 12.3. The van der Waals surface area contributed by atoms with Crippen LogP contribution in [0.2, 0.25) is 0 Å². The fraction of sp³-hybridized carbons (Fsp3) is 0.200. The van der Waals surface area contributed by atoms with Gasteiger partial charge < -0.3 is 10.1 Å². The van der Waals surface area contributed by atoms with Crippen molar-refractivity contribution in [3.63, 3.8) is 0 Å². The Hall–Kier alpha value is -3.08. The molecule has 1 amide bonds. The monoisotopic (exact) mass is 333 g/mol. The summed E-state index contributed by atoms with van der Waals surface area (Å²) in [5.41, 5.74) is 4.01. The van der Waals surface area contributed by atoms with Crippen molar-refractivity contribution in [3.8, 4) is 17.0 Å². The zero-order chi connectivity index (χ0) is 17.2. The molecule has 0 aliphatic carbocycles. The number of para-hydroxylation sites is 1. The highest BCUT2D eigenvalue weighted by molar-refractivity contribution is 5.96. The lowest BCUT2D eigenvalue weighted by Crippen LogP contribution is -2.23. The summed E-state index contributed by atoms with van der Waals surface area (Å²) in [5.74, 6) is 1.29. The molecule has 0 bridgehead atoms. The molecule has 0 saturated heterocycles. The summed E-state index contributed by atoms with van der Waals surface area (Å²) < 4.78 is 5.80. The number of hydrogen-bond acceptors (Lipinski definition) is 3. The van der Waals surface area contributed by atoms with E-state index < -0.39 is 0 Å². The summed E-state index contributed by atoms with van der Waals surface area (Å²) in [7, 11) is 0. The van der Waals surface area contributed by atoms with Gasteiger partial charge in [0, 0.05) is 23.5 Å². The highest BCUT2D eigenvalue weighted by Gasteiger charge is 2.33. The Bertz CT molecular complexity index is 902. The van der Waals surface area contributed by atoms with Gasteiger partial charge in [-0.05, 0) is 18.6 Å². The minimum Gasteiger partial charge on any atom is -0.494 e. The average Bonchev–Trinajstić information content (AvgIpc) is 3.06. The van der Waals surface area contributed by atoms with E-state index in [1.807, 2.05) is 61.5 Å². The number of ether oxygens (including phenoxy) is 1. The third-order valence-electron chi connectivity index (χ3n) is 4.46. The van der Waals surface area contributed by atoms with Crippen LogP contribution in [0.5, 0.6) is 5.75 Å². The van der Waals surface area contributed by atoms with E-state index in [4.69, 9.17) is 4.74 Å². The van der Waals surface area contributed by atoms with Crippen molar-refractivity contribution in [2.45, 2.75) is 19.3 Å². The highest BCUT2D eigenvalue weighted by atomic mass is 16.5. The van der Waals surface area contributed by atoms with E-state index in [1.165, 1.54) is 0 Å². The van der Waals surface area contributed by atoms with E-state index in [9.17, 15) is 4.79 Å². The van der Waals surface area contributed by atoms with Crippen LogP contribution in [0.25, 0.3) is 11.3 Å². The Morgan fingerprint density at radius 1 is 1.12 bits per heavy atom. The van der Waals surface area contributed by atoms with Crippen LogP contribution >= 0.6 is 0 Å². The number of fused-ring (bicyclic) bond motifs is 1. The molecular formula is C20H19N3O2. The number of H-pyrrole nitrogens is 1. The molecule has 2 N–H and O–H groups in total. The first-order valence-corrected chi connectivity index (χ1v) is 8.43. The van der Waals surface area contributed by atoms with Gasteiger partial charge in [0.15, 0.2) is 5.82 Å². The number of aromatic nitrogens is 2. The van der Waals surface area contributed by atoms with Crippen LogP contribution in [-0.4, -0.2) is 22.7 Å². The molecule has 2 heterocycles. The van der Waals surface area contributed by atoms with E-state index >= 15 is 0 Å². The van der Waals surface area contributed by atoms with Crippen molar-refractivity contribution in [2.75, 3.05) is 11.9 Å². The van der Waals surface area contributed by atoms with Crippen LogP contribution in [-0.2, 0) is 4.79 Å². The van der Waals surface area contributed by atoms with Crippen LogP contribution in [0.1, 0.15) is 30.4 Å². The zero-order valence-corrected chi connectivity index (χ0v) is 14.0. The molecule has 25 heavy (non-hydrogen) atoms. The Labute approximate surface area is 146 Å². The van der Waals surface area contributed by atoms with Gasteiger partial charge in [0.1, 0.15) is 5.75 Å². The third kappa shape index (κ3) is 2.78. The Morgan fingerprint density at radius 3 is 2.68 bits per heavy atom. The quantitative estimate of drug-likeness (QED) is 0.760. The molecule has 0 radical (unpaired) electrons. The molecule has 1 aliphatic rings. The van der Waals surface area contributed by atoms with Crippen molar-refractivity contribution >= 4 is 11.7 Å². The lowest BCUT2D eigenvalue weighted by atomic mass is 9.84. The maximum atomic E-state index is 12.2. The van der Waals surface area contributed by atoms with Gasteiger partial charge in [0.2, 0.25) is 5.91 Å². The molecule has 2 aromatic carbocycles. The molecule has 1 aliphatic heterocycles. The maximum Gasteiger partial charge on any atom is 0.226 e. The third-order valence-corrected chi connectivity index (χ3v) is 4.46. The van der Waals surface area contributed by atoms with Crippen molar-refractivity contribution in [1.82, 2.24) is 10.2 Å². The Balaban J connectivity index is 1.87. The number of carbonyl (C=O) groups is 1. The molecule has 1 atom stereocenters. The molecule has 0 fully saturated rings. The Kier molecular flexibility index (Phi) is 3.98. The van der Waals surface area contributed by atoms with E-state index in [1.54, 1.807) is 0 Å². The lowest BCUT2D eigenvalue weighted by molar-refractivity contribution is -0.116. The van der Waals surface area contributed by atoms with E-state index in [0.29, 0.717) is 18.8 Å². The molecule has 4 rings (SSSR count). The number of anilines is 1. The van der Waals surface area contributed by atoms with Gasteiger partial charge in [-0.15, -0.1) is 0 Å². The molecule has 3 aromatic rings. The van der Waals surface area contributed by atoms with Gasteiger partial charge >= 0.3 is 0 Å². The normalized spacial score (nSPS) is 16.2. The second-order valence-corrected chi connectivity index (χ2v) is 6.00. The van der Waals surface area contributed by atoms with Crippen LogP contribution < -0.4 is 10.1 Å². The van der Waals surface area contributed by atoms with Crippen molar-refractivity contribution < 1.29 is 9.53 Å². The van der Waals surface area contributed by atoms with Gasteiger partial charge in [-0.3, -0.25) is 9.89 Å². The minimum absolute atomic E-state index is 0.0325. The number of amides is 1. The lowest BCUT2D eigenvalue weighted by Gasteiger charge is -2.25. The predicted molar refractivity (Wildman–Crippen MR) is 96.7 cm³/mol. The summed E-state index contributed by atoms with van der Waals surface area (Å²) in [6, 6.07) is 18.0. The van der Waals surface area contributed by atoms with Crippen molar-refractivity contribution in [3.05, 3.63) is 65.7 Å². The van der Waals surface area contributed by atoms with E-state index in [2.05, 4.69) is 15.5 Å². The fourth-order valence-electron chi connectivity index (χ4n) is 3.40. The van der Waals surface area contributed by atoms with Crippen molar-refractivity contribution in [2.24, 2.45) is 0 Å². The smallest absolute Gasteiger partial charge is 0.226 e. The van der Waals surface area contributed by atoms with Gasteiger partial charge in [0.05, 0.1) is 12.3 Å². The molecule has 5 nitrogen and oxygen atoms in total. The molecule has 1 unspecified atom stereocenters. The number of nitrogens with zero attached hydrogens (tertiary/aromatic N) is 1. The average molecular weight is 333 g/mol. The standard InChI is InChI=1S/C20H19N3O2/c1-2-25-16-11-7-6-10-14(16)15-12-17(24)21-20-18(15)19(22-23-20)13-8-4-3-5-9-13/h3-11,15H,2,12H2,1H3,(H2,21,22,23,24). The van der Waals surface area contributed by atoms with Crippen LogP contribution in [0.3, 0.4) is 0 Å². The first-order valence-electron chi connectivity index (χ1n) is 8.43. The minimum atomic E-state index is -0.0968.